The Morgan fingerprint density at radius 2 is 1.83 bits per heavy atom. The van der Waals surface area contributed by atoms with Crippen LogP contribution in [0.5, 0.6) is 0 Å². The number of anilines is 1. The first-order valence-corrected chi connectivity index (χ1v) is 8.35. The smallest absolute Gasteiger partial charge is 0.257 e. The van der Waals surface area contributed by atoms with Crippen molar-refractivity contribution in [1.29, 1.82) is 0 Å². The molecule has 1 N–H and O–H groups in total. The van der Waals surface area contributed by atoms with Gasteiger partial charge in [-0.3, -0.25) is 9.59 Å². The van der Waals surface area contributed by atoms with Crippen LogP contribution in [0.15, 0.2) is 58.2 Å². The molecule has 6 heteroatoms. The van der Waals surface area contributed by atoms with Crippen molar-refractivity contribution in [2.24, 2.45) is 0 Å². The summed E-state index contributed by atoms with van der Waals surface area (Å²) in [6, 6.07) is 14.3. The summed E-state index contributed by atoms with van der Waals surface area (Å²) in [5.41, 5.74) is 2.73. The van der Waals surface area contributed by atoms with E-state index in [2.05, 4.69) is 10.3 Å². The Morgan fingerprint density at radius 3 is 2.50 bits per heavy atom. The number of benzene rings is 2. The quantitative estimate of drug-likeness (QED) is 0.558. The molecule has 1 atom stereocenters. The molecule has 0 fully saturated rings. The molecule has 0 unspecified atom stereocenters. The molecule has 0 saturated heterocycles. The maximum atomic E-state index is 12.3. The van der Waals surface area contributed by atoms with E-state index in [0.29, 0.717) is 22.1 Å². The molecule has 1 aromatic heterocycles. The van der Waals surface area contributed by atoms with Gasteiger partial charge in [-0.2, -0.15) is 0 Å². The van der Waals surface area contributed by atoms with Crippen LogP contribution in [0.3, 0.4) is 0 Å². The number of Topliss-reactive ketones (excluding diaryl/α,β-unsaturated/α-hetero) is 1. The lowest BCUT2D eigenvalue weighted by Crippen LogP contribution is -2.22. The topological polar surface area (TPSA) is 72.2 Å². The predicted octanol–water partition coefficient (Wildman–Crippen LogP) is 4.15. The Hall–Kier alpha value is -2.60. The van der Waals surface area contributed by atoms with Gasteiger partial charge in [0, 0.05) is 11.3 Å². The molecule has 5 nitrogen and oxygen atoms in total. The second-order valence-electron chi connectivity index (χ2n) is 5.33. The fraction of sp³-hybridized carbons (Fsp3) is 0.167. The van der Waals surface area contributed by atoms with Crippen LogP contribution in [0.2, 0.25) is 0 Å². The van der Waals surface area contributed by atoms with Gasteiger partial charge in [0.2, 0.25) is 5.91 Å². The van der Waals surface area contributed by atoms with Crippen molar-refractivity contribution in [3.8, 4) is 0 Å². The number of thioether (sulfide) groups is 1. The first-order valence-electron chi connectivity index (χ1n) is 7.47. The third kappa shape index (κ3) is 3.65. The van der Waals surface area contributed by atoms with E-state index in [-0.39, 0.29) is 16.9 Å². The molecule has 24 heavy (non-hydrogen) atoms. The van der Waals surface area contributed by atoms with Gasteiger partial charge in [-0.1, -0.05) is 23.9 Å². The van der Waals surface area contributed by atoms with Crippen molar-refractivity contribution < 1.29 is 14.0 Å². The molecule has 3 aromatic rings. The predicted molar refractivity (Wildman–Crippen MR) is 94.4 cm³/mol. The van der Waals surface area contributed by atoms with E-state index in [4.69, 9.17) is 4.42 Å². The molecular weight excluding hydrogens is 324 g/mol. The monoisotopic (exact) mass is 340 g/mol. The van der Waals surface area contributed by atoms with Gasteiger partial charge < -0.3 is 9.73 Å². The SMILES string of the molecule is CC(=O)c1ccc(NC(=O)[C@H](C)Sc2nc3ccccc3o2)cc1. The van der Waals surface area contributed by atoms with Gasteiger partial charge in [-0.05, 0) is 50.2 Å². The summed E-state index contributed by atoms with van der Waals surface area (Å²) in [6.45, 7) is 3.30. The van der Waals surface area contributed by atoms with Crippen molar-refractivity contribution in [3.05, 3.63) is 54.1 Å². The lowest BCUT2D eigenvalue weighted by atomic mass is 10.1. The number of amides is 1. The zero-order valence-electron chi connectivity index (χ0n) is 13.3. The van der Waals surface area contributed by atoms with Crippen molar-refractivity contribution >= 4 is 40.2 Å². The van der Waals surface area contributed by atoms with Crippen LogP contribution in [0.1, 0.15) is 24.2 Å². The van der Waals surface area contributed by atoms with E-state index >= 15 is 0 Å². The number of nitrogens with zero attached hydrogens (tertiary/aromatic N) is 1. The number of para-hydroxylation sites is 2. The number of oxazole rings is 1. The highest BCUT2D eigenvalue weighted by atomic mass is 32.2. The van der Waals surface area contributed by atoms with Crippen molar-refractivity contribution in [3.63, 3.8) is 0 Å². The molecule has 0 bridgehead atoms. The van der Waals surface area contributed by atoms with Crippen LogP contribution >= 0.6 is 11.8 Å². The molecule has 0 radical (unpaired) electrons. The van der Waals surface area contributed by atoms with Crippen LogP contribution in [-0.4, -0.2) is 21.9 Å². The van der Waals surface area contributed by atoms with Crippen LogP contribution < -0.4 is 5.32 Å². The van der Waals surface area contributed by atoms with Crippen LogP contribution in [0.4, 0.5) is 5.69 Å². The largest absolute Gasteiger partial charge is 0.431 e. The van der Waals surface area contributed by atoms with Gasteiger partial charge in [0.15, 0.2) is 11.4 Å². The normalized spacial score (nSPS) is 12.1. The molecular formula is C18H16N2O3S. The Bertz CT molecular complexity index is 854. The molecule has 1 heterocycles. The van der Waals surface area contributed by atoms with Crippen molar-refractivity contribution in [2.45, 2.75) is 24.3 Å². The second kappa shape index (κ2) is 6.88. The molecule has 0 aliphatic heterocycles. The van der Waals surface area contributed by atoms with Crippen molar-refractivity contribution in [2.75, 3.05) is 5.32 Å². The minimum Gasteiger partial charge on any atom is -0.431 e. The van der Waals surface area contributed by atoms with E-state index in [0.717, 1.165) is 5.52 Å². The fourth-order valence-electron chi connectivity index (χ4n) is 2.14. The molecule has 0 aliphatic rings. The standard InChI is InChI=1S/C18H16N2O3S/c1-11(21)13-7-9-14(10-8-13)19-17(22)12(2)24-18-20-15-5-3-4-6-16(15)23-18/h3-10,12H,1-2H3,(H,19,22)/t12-/m0/s1. The second-order valence-corrected chi connectivity index (χ2v) is 6.62. The lowest BCUT2D eigenvalue weighted by Gasteiger charge is -2.10. The van der Waals surface area contributed by atoms with E-state index < -0.39 is 0 Å². The van der Waals surface area contributed by atoms with Gasteiger partial charge in [-0.25, -0.2) is 4.98 Å². The minimum absolute atomic E-state index is 0.00670. The number of ketones is 1. The number of carbonyl (C=O) groups excluding carboxylic acids is 2. The third-order valence-corrected chi connectivity index (χ3v) is 4.42. The minimum atomic E-state index is -0.370. The molecule has 122 valence electrons. The van der Waals surface area contributed by atoms with Gasteiger partial charge in [-0.15, -0.1) is 0 Å². The number of carbonyl (C=O) groups is 2. The van der Waals surface area contributed by atoms with E-state index in [1.165, 1.54) is 18.7 Å². The summed E-state index contributed by atoms with van der Waals surface area (Å²) in [4.78, 5) is 27.9. The first kappa shape index (κ1) is 16.3. The summed E-state index contributed by atoms with van der Waals surface area (Å²) in [7, 11) is 0. The summed E-state index contributed by atoms with van der Waals surface area (Å²) >= 11 is 1.26. The number of rotatable bonds is 5. The third-order valence-electron chi connectivity index (χ3n) is 3.48. The van der Waals surface area contributed by atoms with Crippen LogP contribution in [0.25, 0.3) is 11.1 Å². The summed E-state index contributed by atoms with van der Waals surface area (Å²) in [5.74, 6) is -0.161. The number of aromatic nitrogens is 1. The van der Waals surface area contributed by atoms with Crippen LogP contribution in [0, 0.1) is 0 Å². The summed E-state index contributed by atoms with van der Waals surface area (Å²) in [5, 5.41) is 2.92. The first-order chi connectivity index (χ1) is 11.5. The number of hydrogen-bond donors (Lipinski definition) is 1. The zero-order valence-corrected chi connectivity index (χ0v) is 14.1. The van der Waals surface area contributed by atoms with Gasteiger partial charge in [0.1, 0.15) is 5.52 Å². The summed E-state index contributed by atoms with van der Waals surface area (Å²) < 4.78 is 5.62. The maximum absolute atomic E-state index is 12.3. The highest BCUT2D eigenvalue weighted by Crippen LogP contribution is 2.27. The maximum Gasteiger partial charge on any atom is 0.257 e. The number of hydrogen-bond acceptors (Lipinski definition) is 5. The zero-order chi connectivity index (χ0) is 17.1. The molecule has 0 aliphatic carbocycles. The Balaban J connectivity index is 1.64. The van der Waals surface area contributed by atoms with Crippen LogP contribution in [-0.2, 0) is 4.79 Å². The number of nitrogens with one attached hydrogen (secondary N) is 1. The molecule has 0 saturated carbocycles. The van der Waals surface area contributed by atoms with E-state index in [9.17, 15) is 9.59 Å². The van der Waals surface area contributed by atoms with Crippen molar-refractivity contribution in [1.82, 2.24) is 4.98 Å². The van der Waals surface area contributed by atoms with E-state index in [1.807, 2.05) is 24.3 Å². The molecule has 2 aromatic carbocycles. The highest BCUT2D eigenvalue weighted by Gasteiger charge is 2.18. The Labute approximate surface area is 143 Å². The molecule has 1 amide bonds. The highest BCUT2D eigenvalue weighted by molar-refractivity contribution is 8.00. The van der Waals surface area contributed by atoms with E-state index in [1.54, 1.807) is 31.2 Å². The Morgan fingerprint density at radius 1 is 1.12 bits per heavy atom. The van der Waals surface area contributed by atoms with Gasteiger partial charge in [0.05, 0.1) is 5.25 Å². The Kier molecular flexibility index (Phi) is 4.66. The van der Waals surface area contributed by atoms with Gasteiger partial charge >= 0.3 is 0 Å². The molecule has 3 rings (SSSR count). The average molecular weight is 340 g/mol. The van der Waals surface area contributed by atoms with Gasteiger partial charge in [0.25, 0.3) is 5.22 Å². The number of fused-ring (bicyclic) bond motifs is 1. The average Bonchev–Trinajstić information content (AvgIpc) is 2.97. The fourth-order valence-corrected chi connectivity index (χ4v) is 2.90. The lowest BCUT2D eigenvalue weighted by molar-refractivity contribution is -0.115. The molecule has 0 spiro atoms. The summed E-state index contributed by atoms with van der Waals surface area (Å²) in [6.07, 6.45) is 0.